The Morgan fingerprint density at radius 1 is 1.45 bits per heavy atom. The Balaban J connectivity index is 0.00000200. The molecule has 0 aromatic carbocycles. The molecule has 6 heteroatoms. The van der Waals surface area contributed by atoms with Crippen molar-refractivity contribution in [3.8, 4) is 0 Å². The molecule has 0 aliphatic carbocycles. The van der Waals surface area contributed by atoms with Gasteiger partial charge in [-0.05, 0) is 57.2 Å². The molecule has 0 saturated carbocycles. The van der Waals surface area contributed by atoms with Gasteiger partial charge in [0.2, 0.25) is 0 Å². The number of carbonyl (C=O) groups is 1. The Morgan fingerprint density at radius 3 is 2.70 bits per heavy atom. The van der Waals surface area contributed by atoms with E-state index in [2.05, 4.69) is 5.32 Å². The maximum Gasteiger partial charge on any atom is 0.289 e. The van der Waals surface area contributed by atoms with Gasteiger partial charge in [0.25, 0.3) is 5.91 Å². The molecule has 0 bridgehead atoms. The number of hydrogen-bond donors (Lipinski definition) is 1. The lowest BCUT2D eigenvalue weighted by molar-refractivity contribution is 0.0650. The third-order valence-electron chi connectivity index (χ3n) is 3.70. The SMILES string of the molecule is CNCCC1CCN(C(=O)c2ccc(SC)o2)CC1.Cl. The first kappa shape index (κ1) is 17.4. The minimum absolute atomic E-state index is 0. The lowest BCUT2D eigenvalue weighted by Gasteiger charge is -2.31. The third kappa shape index (κ3) is 4.43. The summed E-state index contributed by atoms with van der Waals surface area (Å²) in [5, 5.41) is 3.98. The summed E-state index contributed by atoms with van der Waals surface area (Å²) in [5.41, 5.74) is 0. The van der Waals surface area contributed by atoms with Crippen LogP contribution in [0.5, 0.6) is 0 Å². The number of hydrogen-bond acceptors (Lipinski definition) is 4. The second kappa shape index (κ2) is 8.60. The first-order chi connectivity index (χ1) is 9.24. The number of rotatable bonds is 5. The maximum atomic E-state index is 12.3. The Kier molecular flexibility index (Phi) is 7.48. The fourth-order valence-corrected chi connectivity index (χ4v) is 2.85. The average Bonchev–Trinajstić information content (AvgIpc) is 2.94. The average molecular weight is 319 g/mol. The van der Waals surface area contributed by atoms with Crippen LogP contribution in [0.3, 0.4) is 0 Å². The molecule has 4 nitrogen and oxygen atoms in total. The summed E-state index contributed by atoms with van der Waals surface area (Å²) >= 11 is 1.52. The number of thioether (sulfide) groups is 1. The van der Waals surface area contributed by atoms with Gasteiger partial charge in [-0.25, -0.2) is 0 Å². The number of piperidine rings is 1. The van der Waals surface area contributed by atoms with Crippen LogP contribution in [0.1, 0.15) is 29.8 Å². The summed E-state index contributed by atoms with van der Waals surface area (Å²) in [6.07, 6.45) is 5.35. The van der Waals surface area contributed by atoms with Crippen molar-refractivity contribution in [1.29, 1.82) is 0 Å². The number of furan rings is 1. The molecule has 20 heavy (non-hydrogen) atoms. The van der Waals surface area contributed by atoms with Crippen LogP contribution in [0.15, 0.2) is 21.6 Å². The Hall–Kier alpha value is -0.650. The quantitative estimate of drug-likeness (QED) is 0.848. The number of halogens is 1. The van der Waals surface area contributed by atoms with Crippen LogP contribution in [0, 0.1) is 5.92 Å². The van der Waals surface area contributed by atoms with Crippen LogP contribution in [-0.4, -0.2) is 43.7 Å². The van der Waals surface area contributed by atoms with Gasteiger partial charge in [-0.3, -0.25) is 4.79 Å². The van der Waals surface area contributed by atoms with E-state index in [4.69, 9.17) is 4.42 Å². The predicted octanol–water partition coefficient (Wildman–Crippen LogP) is 2.89. The molecule has 1 aliphatic heterocycles. The zero-order chi connectivity index (χ0) is 13.7. The molecular weight excluding hydrogens is 296 g/mol. The summed E-state index contributed by atoms with van der Waals surface area (Å²) < 4.78 is 5.50. The molecule has 1 aromatic heterocycles. The van der Waals surface area contributed by atoms with Gasteiger partial charge in [-0.2, -0.15) is 0 Å². The highest BCUT2D eigenvalue weighted by Crippen LogP contribution is 2.23. The zero-order valence-corrected chi connectivity index (χ0v) is 13.7. The third-order valence-corrected chi connectivity index (χ3v) is 4.32. The monoisotopic (exact) mass is 318 g/mol. The van der Waals surface area contributed by atoms with Crippen molar-refractivity contribution in [2.45, 2.75) is 24.4 Å². The van der Waals surface area contributed by atoms with Crippen LogP contribution in [-0.2, 0) is 0 Å². The molecule has 1 N–H and O–H groups in total. The summed E-state index contributed by atoms with van der Waals surface area (Å²) in [5.74, 6) is 1.25. The van der Waals surface area contributed by atoms with E-state index >= 15 is 0 Å². The zero-order valence-electron chi connectivity index (χ0n) is 12.1. The molecule has 2 heterocycles. The van der Waals surface area contributed by atoms with Crippen molar-refractivity contribution in [3.05, 3.63) is 17.9 Å². The van der Waals surface area contributed by atoms with Gasteiger partial charge in [-0.1, -0.05) is 11.8 Å². The lowest BCUT2D eigenvalue weighted by Crippen LogP contribution is -2.38. The summed E-state index contributed by atoms with van der Waals surface area (Å²) in [7, 11) is 1.99. The molecule has 0 spiro atoms. The van der Waals surface area contributed by atoms with E-state index in [0.29, 0.717) is 5.76 Å². The molecule has 1 fully saturated rings. The van der Waals surface area contributed by atoms with E-state index in [1.807, 2.05) is 24.3 Å². The molecule has 114 valence electrons. The standard InChI is InChI=1S/C14H22N2O2S.ClH/c1-15-8-5-11-6-9-16(10-7-11)14(17)12-3-4-13(18-12)19-2;/h3-4,11,15H,5-10H2,1-2H3;1H. The molecule has 1 aromatic rings. The van der Waals surface area contributed by atoms with E-state index in [9.17, 15) is 4.79 Å². The topological polar surface area (TPSA) is 45.5 Å². The first-order valence-corrected chi connectivity index (χ1v) is 8.04. The van der Waals surface area contributed by atoms with E-state index in [0.717, 1.165) is 43.5 Å². The van der Waals surface area contributed by atoms with E-state index in [-0.39, 0.29) is 18.3 Å². The number of likely N-dealkylation sites (tertiary alicyclic amines) is 1. The van der Waals surface area contributed by atoms with Gasteiger partial charge in [0.1, 0.15) is 0 Å². The van der Waals surface area contributed by atoms with Crippen LogP contribution >= 0.6 is 24.2 Å². The van der Waals surface area contributed by atoms with Crippen molar-refractivity contribution >= 4 is 30.1 Å². The van der Waals surface area contributed by atoms with Gasteiger partial charge in [-0.15, -0.1) is 12.4 Å². The number of carbonyl (C=O) groups excluding carboxylic acids is 1. The van der Waals surface area contributed by atoms with Crippen molar-refractivity contribution in [3.63, 3.8) is 0 Å². The highest BCUT2D eigenvalue weighted by molar-refractivity contribution is 7.98. The van der Waals surface area contributed by atoms with Gasteiger partial charge in [0.15, 0.2) is 10.9 Å². The fraction of sp³-hybridized carbons (Fsp3) is 0.643. The Bertz CT molecular complexity index is 417. The first-order valence-electron chi connectivity index (χ1n) is 6.82. The van der Waals surface area contributed by atoms with Crippen molar-refractivity contribution in [1.82, 2.24) is 10.2 Å². The predicted molar refractivity (Wildman–Crippen MR) is 84.9 cm³/mol. The highest BCUT2D eigenvalue weighted by Gasteiger charge is 2.25. The molecule has 0 atom stereocenters. The minimum Gasteiger partial charge on any atom is -0.445 e. The van der Waals surface area contributed by atoms with Gasteiger partial charge < -0.3 is 14.6 Å². The Labute approximate surface area is 131 Å². The van der Waals surface area contributed by atoms with Crippen LogP contribution < -0.4 is 5.32 Å². The van der Waals surface area contributed by atoms with E-state index < -0.39 is 0 Å². The normalized spacial score (nSPS) is 16.0. The van der Waals surface area contributed by atoms with Crippen molar-refractivity contribution in [2.75, 3.05) is 32.9 Å². The maximum absolute atomic E-state index is 12.3. The van der Waals surface area contributed by atoms with Gasteiger partial charge >= 0.3 is 0 Å². The van der Waals surface area contributed by atoms with Gasteiger partial charge in [0.05, 0.1) is 0 Å². The van der Waals surface area contributed by atoms with E-state index in [1.54, 1.807) is 6.07 Å². The van der Waals surface area contributed by atoms with Crippen molar-refractivity contribution in [2.24, 2.45) is 5.92 Å². The van der Waals surface area contributed by atoms with Crippen LogP contribution in [0.4, 0.5) is 0 Å². The Morgan fingerprint density at radius 2 is 2.15 bits per heavy atom. The van der Waals surface area contributed by atoms with Crippen LogP contribution in [0.25, 0.3) is 0 Å². The minimum atomic E-state index is 0. The molecule has 1 saturated heterocycles. The number of nitrogens with zero attached hydrogens (tertiary/aromatic N) is 1. The molecule has 1 amide bonds. The summed E-state index contributed by atoms with van der Waals surface area (Å²) in [4.78, 5) is 14.2. The molecule has 0 unspecified atom stereocenters. The summed E-state index contributed by atoms with van der Waals surface area (Å²) in [6, 6.07) is 3.64. The molecule has 2 rings (SSSR count). The fourth-order valence-electron chi connectivity index (χ4n) is 2.47. The molecule has 0 radical (unpaired) electrons. The van der Waals surface area contributed by atoms with Crippen LogP contribution in [0.2, 0.25) is 0 Å². The largest absolute Gasteiger partial charge is 0.445 e. The van der Waals surface area contributed by atoms with E-state index in [1.165, 1.54) is 18.2 Å². The lowest BCUT2D eigenvalue weighted by atomic mass is 9.93. The smallest absolute Gasteiger partial charge is 0.289 e. The highest BCUT2D eigenvalue weighted by atomic mass is 35.5. The summed E-state index contributed by atoms with van der Waals surface area (Å²) in [6.45, 7) is 2.76. The second-order valence-corrected chi connectivity index (χ2v) is 5.76. The number of amides is 1. The van der Waals surface area contributed by atoms with Gasteiger partial charge in [0, 0.05) is 13.1 Å². The number of nitrogens with one attached hydrogen (secondary N) is 1. The molecular formula is C14H23ClN2O2S. The second-order valence-electron chi connectivity index (χ2n) is 4.95. The molecule has 1 aliphatic rings. The van der Waals surface area contributed by atoms with Crippen molar-refractivity contribution < 1.29 is 9.21 Å².